The Morgan fingerprint density at radius 1 is 1.36 bits per heavy atom. The molecule has 0 atom stereocenters. The number of nitrogen functional groups attached to an aromatic ring is 1. The number of nitrogens with zero attached hydrogens (tertiary/aromatic N) is 2. The first-order valence-electron chi connectivity index (χ1n) is 7.49. The number of nitrogens with one attached hydrogen (secondary N) is 2. The van der Waals surface area contributed by atoms with E-state index in [9.17, 15) is 9.18 Å². The molecule has 0 bridgehead atoms. The Balaban J connectivity index is 1.62. The molecule has 0 radical (unpaired) electrons. The summed E-state index contributed by atoms with van der Waals surface area (Å²) in [4.78, 5) is 22.8. The van der Waals surface area contributed by atoms with E-state index in [1.165, 1.54) is 12.1 Å². The Labute approximate surface area is 143 Å². The summed E-state index contributed by atoms with van der Waals surface area (Å²) in [6, 6.07) is 7.48. The van der Waals surface area contributed by atoms with E-state index in [1.807, 2.05) is 6.92 Å². The molecule has 3 aromatic rings. The lowest BCUT2D eigenvalue weighted by molar-refractivity contribution is 0.198. The number of benzene rings is 1. The Morgan fingerprint density at radius 3 is 2.88 bits per heavy atom. The van der Waals surface area contributed by atoms with Gasteiger partial charge in [-0.05, 0) is 30.2 Å². The predicted octanol–water partition coefficient (Wildman–Crippen LogP) is 2.79. The van der Waals surface area contributed by atoms with Crippen molar-refractivity contribution in [2.75, 3.05) is 5.73 Å². The van der Waals surface area contributed by atoms with Crippen LogP contribution >= 0.6 is 0 Å². The van der Waals surface area contributed by atoms with Crippen LogP contribution in [0.2, 0.25) is 0 Å². The minimum atomic E-state index is -0.628. The van der Waals surface area contributed by atoms with Gasteiger partial charge in [0.25, 0.3) is 0 Å². The second-order valence-corrected chi connectivity index (χ2v) is 5.38. The SMILES string of the molecule is Cc1cnc(N)nc1-c1c[nH]c(OC(=O)NCc2ccc(F)cc2)c1. The van der Waals surface area contributed by atoms with Crippen molar-refractivity contribution in [2.24, 2.45) is 0 Å². The van der Waals surface area contributed by atoms with Gasteiger partial charge in [0.15, 0.2) is 0 Å². The molecule has 0 saturated heterocycles. The van der Waals surface area contributed by atoms with Crippen molar-refractivity contribution in [3.8, 4) is 17.1 Å². The van der Waals surface area contributed by atoms with Crippen LogP contribution in [0.4, 0.5) is 15.1 Å². The zero-order valence-corrected chi connectivity index (χ0v) is 13.4. The first-order valence-corrected chi connectivity index (χ1v) is 7.49. The lowest BCUT2D eigenvalue weighted by Crippen LogP contribution is -2.26. The van der Waals surface area contributed by atoms with Crippen molar-refractivity contribution in [1.29, 1.82) is 0 Å². The summed E-state index contributed by atoms with van der Waals surface area (Å²) in [7, 11) is 0. The third-order valence-corrected chi connectivity index (χ3v) is 3.47. The van der Waals surface area contributed by atoms with Crippen LogP contribution in [0.25, 0.3) is 11.3 Å². The maximum atomic E-state index is 12.8. The Kier molecular flexibility index (Phi) is 4.60. The van der Waals surface area contributed by atoms with Crippen molar-refractivity contribution in [2.45, 2.75) is 13.5 Å². The number of amides is 1. The summed E-state index contributed by atoms with van der Waals surface area (Å²) >= 11 is 0. The molecular weight excluding hydrogens is 325 g/mol. The molecule has 2 aromatic heterocycles. The predicted molar refractivity (Wildman–Crippen MR) is 90.2 cm³/mol. The lowest BCUT2D eigenvalue weighted by atomic mass is 10.1. The molecule has 0 aliphatic heterocycles. The quantitative estimate of drug-likeness (QED) is 0.676. The van der Waals surface area contributed by atoms with Crippen molar-refractivity contribution in [1.82, 2.24) is 20.3 Å². The molecule has 25 heavy (non-hydrogen) atoms. The van der Waals surface area contributed by atoms with Gasteiger partial charge in [-0.25, -0.2) is 19.2 Å². The molecule has 4 N–H and O–H groups in total. The topological polar surface area (TPSA) is 106 Å². The molecule has 8 heteroatoms. The van der Waals surface area contributed by atoms with E-state index < -0.39 is 6.09 Å². The lowest BCUT2D eigenvalue weighted by Gasteiger charge is -2.05. The molecule has 0 saturated carbocycles. The van der Waals surface area contributed by atoms with Crippen LogP contribution in [-0.4, -0.2) is 21.0 Å². The molecule has 128 valence electrons. The number of halogens is 1. The summed E-state index contributed by atoms with van der Waals surface area (Å²) in [5, 5.41) is 2.59. The van der Waals surface area contributed by atoms with Crippen LogP contribution in [0.5, 0.6) is 5.88 Å². The van der Waals surface area contributed by atoms with Crippen molar-refractivity contribution >= 4 is 12.0 Å². The van der Waals surface area contributed by atoms with Gasteiger partial charge in [-0.15, -0.1) is 0 Å². The summed E-state index contributed by atoms with van der Waals surface area (Å²) < 4.78 is 18.0. The number of nitrogens with two attached hydrogens (primary N) is 1. The van der Waals surface area contributed by atoms with Gasteiger partial charge in [0.05, 0.1) is 5.69 Å². The smallest absolute Gasteiger partial charge is 0.393 e. The van der Waals surface area contributed by atoms with E-state index in [0.29, 0.717) is 5.69 Å². The van der Waals surface area contributed by atoms with Crippen LogP contribution in [0.15, 0.2) is 42.7 Å². The van der Waals surface area contributed by atoms with Gasteiger partial charge in [0, 0.05) is 30.6 Å². The van der Waals surface area contributed by atoms with E-state index in [0.717, 1.165) is 16.7 Å². The fourth-order valence-electron chi connectivity index (χ4n) is 2.23. The highest BCUT2D eigenvalue weighted by molar-refractivity contribution is 5.71. The molecule has 1 amide bonds. The van der Waals surface area contributed by atoms with Gasteiger partial charge in [-0.3, -0.25) is 0 Å². The number of hydrogen-bond donors (Lipinski definition) is 3. The molecular formula is C17H16FN5O2. The number of carbonyl (C=O) groups excluding carboxylic acids is 1. The van der Waals surface area contributed by atoms with E-state index in [1.54, 1.807) is 30.6 Å². The zero-order valence-electron chi connectivity index (χ0n) is 13.4. The number of H-pyrrole nitrogens is 1. The minimum absolute atomic E-state index is 0.168. The van der Waals surface area contributed by atoms with E-state index >= 15 is 0 Å². The van der Waals surface area contributed by atoms with E-state index in [-0.39, 0.29) is 24.2 Å². The molecule has 0 aliphatic rings. The Hall–Kier alpha value is -3.42. The maximum Gasteiger partial charge on any atom is 0.414 e. The first kappa shape index (κ1) is 16.4. The first-order chi connectivity index (χ1) is 12.0. The molecule has 7 nitrogen and oxygen atoms in total. The molecule has 0 unspecified atom stereocenters. The molecule has 0 fully saturated rings. The molecule has 1 aromatic carbocycles. The van der Waals surface area contributed by atoms with Crippen molar-refractivity contribution in [3.63, 3.8) is 0 Å². The summed E-state index contributed by atoms with van der Waals surface area (Å²) in [5.74, 6) is 0.107. The summed E-state index contributed by atoms with van der Waals surface area (Å²) in [6.45, 7) is 2.09. The van der Waals surface area contributed by atoms with Crippen molar-refractivity contribution < 1.29 is 13.9 Å². The number of aromatic amines is 1. The third kappa shape index (κ3) is 4.11. The van der Waals surface area contributed by atoms with Gasteiger partial charge in [-0.1, -0.05) is 12.1 Å². The van der Waals surface area contributed by atoms with E-state index in [2.05, 4.69) is 20.3 Å². The highest BCUT2D eigenvalue weighted by Crippen LogP contribution is 2.24. The summed E-state index contributed by atoms with van der Waals surface area (Å²) in [6.07, 6.45) is 2.66. The van der Waals surface area contributed by atoms with Gasteiger partial charge in [0.2, 0.25) is 11.8 Å². The normalized spacial score (nSPS) is 10.5. The number of carbonyl (C=O) groups is 1. The van der Waals surface area contributed by atoms with Crippen LogP contribution in [-0.2, 0) is 6.54 Å². The van der Waals surface area contributed by atoms with Crippen LogP contribution < -0.4 is 15.8 Å². The fraction of sp³-hybridized carbons (Fsp3) is 0.118. The number of ether oxygens (including phenoxy) is 1. The van der Waals surface area contributed by atoms with Crippen molar-refractivity contribution in [3.05, 3.63) is 59.7 Å². The number of anilines is 1. The average Bonchev–Trinajstić information content (AvgIpc) is 3.05. The minimum Gasteiger partial charge on any atom is -0.393 e. The third-order valence-electron chi connectivity index (χ3n) is 3.47. The highest BCUT2D eigenvalue weighted by Gasteiger charge is 2.11. The van der Waals surface area contributed by atoms with Crippen LogP contribution in [0, 0.1) is 12.7 Å². The second kappa shape index (κ2) is 7.00. The van der Waals surface area contributed by atoms with Gasteiger partial charge < -0.3 is 20.8 Å². The molecule has 0 aliphatic carbocycles. The fourth-order valence-corrected chi connectivity index (χ4v) is 2.23. The monoisotopic (exact) mass is 341 g/mol. The second-order valence-electron chi connectivity index (χ2n) is 5.38. The van der Waals surface area contributed by atoms with Gasteiger partial charge >= 0.3 is 6.09 Å². The zero-order chi connectivity index (χ0) is 17.8. The molecule has 0 spiro atoms. The van der Waals surface area contributed by atoms with Crippen LogP contribution in [0.1, 0.15) is 11.1 Å². The maximum absolute atomic E-state index is 12.8. The molecule has 2 heterocycles. The van der Waals surface area contributed by atoms with Gasteiger partial charge in [-0.2, -0.15) is 0 Å². The number of hydrogen-bond acceptors (Lipinski definition) is 5. The molecule has 3 rings (SSSR count). The largest absolute Gasteiger partial charge is 0.414 e. The highest BCUT2D eigenvalue weighted by atomic mass is 19.1. The Morgan fingerprint density at radius 2 is 2.12 bits per heavy atom. The number of rotatable bonds is 4. The summed E-state index contributed by atoms with van der Waals surface area (Å²) in [5.41, 5.74) is 8.60. The van der Waals surface area contributed by atoms with Gasteiger partial charge in [0.1, 0.15) is 5.82 Å². The van der Waals surface area contributed by atoms with E-state index in [4.69, 9.17) is 10.5 Å². The van der Waals surface area contributed by atoms with Crippen LogP contribution in [0.3, 0.4) is 0 Å². The number of aromatic nitrogens is 3. The standard InChI is InChI=1S/C17H16FN5O2/c1-10-7-21-16(19)23-15(10)12-6-14(20-9-12)25-17(24)22-8-11-2-4-13(18)5-3-11/h2-7,9,20H,8H2,1H3,(H,22,24)(H2,19,21,23). The number of aryl methyl sites for hydroxylation is 1. The Bertz CT molecular complexity index is 892. The average molecular weight is 341 g/mol.